The van der Waals surface area contributed by atoms with Gasteiger partial charge in [0.15, 0.2) is 0 Å². The molecule has 0 spiro atoms. The van der Waals surface area contributed by atoms with Crippen LogP contribution >= 0.6 is 0 Å². The van der Waals surface area contributed by atoms with E-state index in [9.17, 15) is 13.5 Å². The number of aliphatic hydroxyl groups is 1. The zero-order valence-electron chi connectivity index (χ0n) is 12.2. The van der Waals surface area contributed by atoms with Gasteiger partial charge in [-0.05, 0) is 45.1 Å². The Hall–Kier alpha value is -0.950. The number of benzene rings is 1. The molecule has 0 saturated carbocycles. The minimum Gasteiger partial charge on any atom is -0.389 e. The number of sulfonamides is 1. The van der Waals surface area contributed by atoms with Crippen LogP contribution in [-0.4, -0.2) is 56.0 Å². The van der Waals surface area contributed by atoms with E-state index in [1.54, 1.807) is 31.2 Å². The van der Waals surface area contributed by atoms with Gasteiger partial charge in [0.25, 0.3) is 0 Å². The molecule has 0 bridgehead atoms. The van der Waals surface area contributed by atoms with Crippen molar-refractivity contribution in [2.24, 2.45) is 0 Å². The van der Waals surface area contributed by atoms with Crippen molar-refractivity contribution >= 4 is 10.0 Å². The molecule has 5 nitrogen and oxygen atoms in total. The molecule has 0 aromatic heterocycles. The molecule has 1 N–H and O–H groups in total. The first-order valence-electron chi connectivity index (χ1n) is 6.77. The lowest BCUT2D eigenvalue weighted by Gasteiger charge is -2.20. The number of nitrogens with zero attached hydrogens (tertiary/aromatic N) is 2. The van der Waals surface area contributed by atoms with E-state index >= 15 is 0 Å². The molecule has 1 aromatic carbocycles. The van der Waals surface area contributed by atoms with Gasteiger partial charge in [-0.1, -0.05) is 12.1 Å². The lowest BCUT2D eigenvalue weighted by molar-refractivity contribution is 0.199. The van der Waals surface area contributed by atoms with Gasteiger partial charge < -0.3 is 10.0 Å². The Morgan fingerprint density at radius 2 is 1.90 bits per heavy atom. The Morgan fingerprint density at radius 3 is 2.35 bits per heavy atom. The lowest BCUT2D eigenvalue weighted by Crippen LogP contribution is -2.34. The highest BCUT2D eigenvalue weighted by Gasteiger charge is 2.33. The fourth-order valence-electron chi connectivity index (χ4n) is 2.42. The van der Waals surface area contributed by atoms with Gasteiger partial charge in [0, 0.05) is 19.1 Å². The quantitative estimate of drug-likeness (QED) is 0.903. The fourth-order valence-corrected chi connectivity index (χ4v) is 3.91. The van der Waals surface area contributed by atoms with E-state index in [0.29, 0.717) is 18.0 Å². The first-order valence-corrected chi connectivity index (χ1v) is 8.21. The number of likely N-dealkylation sites (N-methyl/N-ethyl adjacent to an activating group) is 1. The summed E-state index contributed by atoms with van der Waals surface area (Å²) in [6, 6.07) is 6.75. The van der Waals surface area contributed by atoms with Gasteiger partial charge in [-0.2, -0.15) is 4.31 Å². The highest BCUT2D eigenvalue weighted by atomic mass is 32.2. The summed E-state index contributed by atoms with van der Waals surface area (Å²) in [5.41, 5.74) is 0.719. The Kier molecular flexibility index (Phi) is 4.49. The molecule has 6 heteroatoms. The number of hydrogen-bond acceptors (Lipinski definition) is 4. The lowest BCUT2D eigenvalue weighted by atomic mass is 10.1. The average Bonchev–Trinajstić information content (AvgIpc) is 2.89. The first kappa shape index (κ1) is 15.4. The second-order valence-corrected chi connectivity index (χ2v) is 7.45. The number of aliphatic hydroxyl groups excluding tert-OH is 1. The summed E-state index contributed by atoms with van der Waals surface area (Å²) < 4.78 is 26.6. The maximum Gasteiger partial charge on any atom is 0.243 e. The Labute approximate surface area is 120 Å². The van der Waals surface area contributed by atoms with Crippen LogP contribution in [-0.2, 0) is 10.0 Å². The van der Waals surface area contributed by atoms with Crippen molar-refractivity contribution < 1.29 is 13.5 Å². The molecule has 1 saturated heterocycles. The van der Waals surface area contributed by atoms with Crippen LogP contribution in [0.1, 0.15) is 25.0 Å². The molecule has 20 heavy (non-hydrogen) atoms. The van der Waals surface area contributed by atoms with E-state index in [1.165, 1.54) is 4.31 Å². The molecule has 0 radical (unpaired) electrons. The normalized spacial score (nSPS) is 22.4. The monoisotopic (exact) mass is 298 g/mol. The molecule has 2 atom stereocenters. The third-order valence-electron chi connectivity index (χ3n) is 3.86. The van der Waals surface area contributed by atoms with Crippen molar-refractivity contribution in [3.63, 3.8) is 0 Å². The van der Waals surface area contributed by atoms with Crippen LogP contribution < -0.4 is 0 Å². The third kappa shape index (κ3) is 3.03. The van der Waals surface area contributed by atoms with Gasteiger partial charge in [-0.25, -0.2) is 8.42 Å². The van der Waals surface area contributed by atoms with E-state index in [1.807, 2.05) is 14.1 Å². The molecule has 1 fully saturated rings. The van der Waals surface area contributed by atoms with Crippen LogP contribution in [0.25, 0.3) is 0 Å². The van der Waals surface area contributed by atoms with Gasteiger partial charge in [0.2, 0.25) is 10.0 Å². The van der Waals surface area contributed by atoms with Crippen LogP contribution in [0.2, 0.25) is 0 Å². The Bertz CT molecular complexity index is 552. The van der Waals surface area contributed by atoms with Crippen LogP contribution in [0, 0.1) is 0 Å². The zero-order chi connectivity index (χ0) is 14.9. The van der Waals surface area contributed by atoms with Crippen LogP contribution in [0.5, 0.6) is 0 Å². The van der Waals surface area contributed by atoms with Crippen molar-refractivity contribution in [3.05, 3.63) is 29.8 Å². The zero-order valence-corrected chi connectivity index (χ0v) is 13.0. The standard InChI is InChI=1S/C14H22N2O3S/c1-11(17)12-4-6-14(7-5-12)20(18,19)16-9-8-13(10-16)15(2)3/h4-7,11,13,17H,8-10H2,1-3H3. The molecule has 112 valence electrons. The average molecular weight is 298 g/mol. The fraction of sp³-hybridized carbons (Fsp3) is 0.571. The van der Waals surface area contributed by atoms with E-state index in [0.717, 1.165) is 12.0 Å². The first-order chi connectivity index (χ1) is 9.32. The molecule has 2 rings (SSSR count). The van der Waals surface area contributed by atoms with E-state index in [2.05, 4.69) is 4.90 Å². The molecule has 2 unspecified atom stereocenters. The predicted octanol–water partition coefficient (Wildman–Crippen LogP) is 1.06. The van der Waals surface area contributed by atoms with Crippen molar-refractivity contribution in [1.29, 1.82) is 0 Å². The molecular weight excluding hydrogens is 276 g/mol. The summed E-state index contributed by atoms with van der Waals surface area (Å²) in [4.78, 5) is 2.35. The molecule has 1 aliphatic rings. The SMILES string of the molecule is CC(O)c1ccc(S(=O)(=O)N2CCC(N(C)C)C2)cc1. The van der Waals surface area contributed by atoms with Gasteiger partial charge >= 0.3 is 0 Å². The van der Waals surface area contributed by atoms with Gasteiger partial charge in [0.1, 0.15) is 0 Å². The molecule has 1 heterocycles. The van der Waals surface area contributed by atoms with E-state index in [4.69, 9.17) is 0 Å². The molecule has 0 amide bonds. The van der Waals surface area contributed by atoms with Crippen molar-refractivity contribution in [3.8, 4) is 0 Å². The van der Waals surface area contributed by atoms with Crippen molar-refractivity contribution in [1.82, 2.24) is 9.21 Å². The summed E-state index contributed by atoms with van der Waals surface area (Å²) in [7, 11) is 0.518. The smallest absolute Gasteiger partial charge is 0.243 e. The molecule has 0 aliphatic carbocycles. The summed E-state index contributed by atoms with van der Waals surface area (Å²) in [5.74, 6) is 0. The van der Waals surface area contributed by atoms with Gasteiger partial charge in [0.05, 0.1) is 11.0 Å². The molecule has 1 aromatic rings. The maximum absolute atomic E-state index is 12.5. The van der Waals surface area contributed by atoms with Crippen molar-refractivity contribution in [2.75, 3.05) is 27.2 Å². The summed E-state index contributed by atoms with van der Waals surface area (Å²) >= 11 is 0. The minimum atomic E-state index is -3.42. The van der Waals surface area contributed by atoms with Gasteiger partial charge in [-0.15, -0.1) is 0 Å². The van der Waals surface area contributed by atoms with E-state index in [-0.39, 0.29) is 6.04 Å². The summed E-state index contributed by atoms with van der Waals surface area (Å²) in [6.45, 7) is 2.75. The Balaban J connectivity index is 2.19. The second-order valence-electron chi connectivity index (χ2n) is 5.51. The molecule has 1 aliphatic heterocycles. The Morgan fingerprint density at radius 1 is 1.30 bits per heavy atom. The summed E-state index contributed by atoms with van der Waals surface area (Å²) in [6.07, 6.45) is 0.273. The van der Waals surface area contributed by atoms with Crippen molar-refractivity contribution in [2.45, 2.75) is 30.4 Å². The van der Waals surface area contributed by atoms with Crippen LogP contribution in [0.4, 0.5) is 0 Å². The largest absolute Gasteiger partial charge is 0.389 e. The van der Waals surface area contributed by atoms with E-state index < -0.39 is 16.1 Å². The van der Waals surface area contributed by atoms with Gasteiger partial charge in [-0.3, -0.25) is 0 Å². The van der Waals surface area contributed by atoms with Crippen LogP contribution in [0.3, 0.4) is 0 Å². The summed E-state index contributed by atoms with van der Waals surface area (Å²) in [5, 5.41) is 9.46. The predicted molar refractivity (Wildman–Crippen MR) is 77.9 cm³/mol. The maximum atomic E-state index is 12.5. The van der Waals surface area contributed by atoms with Crippen LogP contribution in [0.15, 0.2) is 29.2 Å². The third-order valence-corrected chi connectivity index (χ3v) is 5.74. The topological polar surface area (TPSA) is 60.9 Å². The second kappa shape index (κ2) is 5.81. The number of hydrogen-bond donors (Lipinski definition) is 1. The minimum absolute atomic E-state index is 0.279. The highest BCUT2D eigenvalue weighted by molar-refractivity contribution is 7.89. The number of rotatable bonds is 4. The molecular formula is C14H22N2O3S. The highest BCUT2D eigenvalue weighted by Crippen LogP contribution is 2.24.